The van der Waals surface area contributed by atoms with E-state index in [0.717, 1.165) is 0 Å². The number of aliphatic hydroxyl groups is 1. The Balaban J connectivity index is 2.46. The highest BCUT2D eigenvalue weighted by molar-refractivity contribution is 5.71. The SMILES string of the molecule is CC(O)(CC(=O)OCC#Cc1ccc(F)cc1)C(F)(F)F. The number of hydrogen-bond acceptors (Lipinski definition) is 3. The maximum absolute atomic E-state index is 12.6. The summed E-state index contributed by atoms with van der Waals surface area (Å²) < 4.78 is 54.0. The number of rotatable bonds is 3. The number of carbonyl (C=O) groups is 1. The molecule has 1 N–H and O–H groups in total. The normalized spacial score (nSPS) is 13.8. The lowest BCUT2D eigenvalue weighted by Crippen LogP contribution is -2.44. The van der Waals surface area contributed by atoms with Crippen LogP contribution in [-0.2, 0) is 9.53 Å². The number of esters is 1. The summed E-state index contributed by atoms with van der Waals surface area (Å²) in [4.78, 5) is 11.2. The van der Waals surface area contributed by atoms with Gasteiger partial charge in [-0.2, -0.15) is 13.2 Å². The van der Waals surface area contributed by atoms with Gasteiger partial charge in [-0.05, 0) is 31.2 Å². The molecule has 21 heavy (non-hydrogen) atoms. The van der Waals surface area contributed by atoms with Gasteiger partial charge in [-0.3, -0.25) is 4.79 Å². The van der Waals surface area contributed by atoms with E-state index in [-0.39, 0.29) is 0 Å². The average molecular weight is 304 g/mol. The van der Waals surface area contributed by atoms with Crippen molar-refractivity contribution >= 4 is 5.97 Å². The summed E-state index contributed by atoms with van der Waals surface area (Å²) in [5, 5.41) is 9.08. The number of carbonyl (C=O) groups excluding carboxylic acids is 1. The average Bonchev–Trinajstić information content (AvgIpc) is 2.35. The van der Waals surface area contributed by atoms with Gasteiger partial charge in [-0.25, -0.2) is 4.39 Å². The zero-order valence-corrected chi connectivity index (χ0v) is 11.0. The Bertz CT molecular complexity index is 550. The molecule has 0 aromatic heterocycles. The minimum Gasteiger partial charge on any atom is -0.452 e. The molecular weight excluding hydrogens is 292 g/mol. The predicted molar refractivity (Wildman–Crippen MR) is 65.5 cm³/mol. The molecule has 1 aromatic rings. The van der Waals surface area contributed by atoms with Gasteiger partial charge in [0, 0.05) is 5.56 Å². The molecule has 0 amide bonds. The van der Waals surface area contributed by atoms with Gasteiger partial charge in [0.15, 0.2) is 12.2 Å². The predicted octanol–water partition coefficient (Wildman–Crippen LogP) is 2.42. The Labute approximate surface area is 118 Å². The second-order valence-electron chi connectivity index (χ2n) is 4.42. The zero-order chi connectivity index (χ0) is 16.1. The molecule has 0 bridgehead atoms. The summed E-state index contributed by atoms with van der Waals surface area (Å²) in [6.45, 7) is 0.0581. The molecule has 0 saturated heterocycles. The second kappa shape index (κ2) is 6.59. The summed E-state index contributed by atoms with van der Waals surface area (Å²) in [7, 11) is 0. The zero-order valence-electron chi connectivity index (χ0n) is 11.0. The van der Waals surface area contributed by atoms with Gasteiger partial charge in [0.2, 0.25) is 0 Å². The van der Waals surface area contributed by atoms with Crippen LogP contribution in [0, 0.1) is 17.7 Å². The molecule has 7 heteroatoms. The lowest BCUT2D eigenvalue weighted by molar-refractivity contribution is -0.255. The molecule has 0 spiro atoms. The van der Waals surface area contributed by atoms with E-state index in [1.54, 1.807) is 0 Å². The lowest BCUT2D eigenvalue weighted by Gasteiger charge is -2.24. The van der Waals surface area contributed by atoms with Crippen LogP contribution >= 0.6 is 0 Å². The van der Waals surface area contributed by atoms with Crippen molar-refractivity contribution in [2.75, 3.05) is 6.61 Å². The third kappa shape index (κ3) is 5.44. The van der Waals surface area contributed by atoms with Crippen molar-refractivity contribution in [2.24, 2.45) is 0 Å². The van der Waals surface area contributed by atoms with Crippen molar-refractivity contribution in [3.8, 4) is 11.8 Å². The molecule has 0 aliphatic rings. The van der Waals surface area contributed by atoms with Gasteiger partial charge < -0.3 is 9.84 Å². The first-order valence-corrected chi connectivity index (χ1v) is 5.81. The molecule has 1 rings (SSSR count). The van der Waals surface area contributed by atoms with Gasteiger partial charge in [-0.1, -0.05) is 11.8 Å². The van der Waals surface area contributed by atoms with E-state index < -0.39 is 36.6 Å². The Kier molecular flexibility index (Phi) is 5.33. The quantitative estimate of drug-likeness (QED) is 0.530. The molecule has 114 valence electrons. The monoisotopic (exact) mass is 304 g/mol. The van der Waals surface area contributed by atoms with E-state index in [0.29, 0.717) is 12.5 Å². The van der Waals surface area contributed by atoms with Crippen molar-refractivity contribution in [3.05, 3.63) is 35.6 Å². The molecule has 0 heterocycles. The topological polar surface area (TPSA) is 46.5 Å². The molecule has 0 radical (unpaired) electrons. The van der Waals surface area contributed by atoms with Crippen LogP contribution in [0.15, 0.2) is 24.3 Å². The van der Waals surface area contributed by atoms with Crippen LogP contribution < -0.4 is 0 Å². The molecule has 1 atom stereocenters. The standard InChI is InChI=1S/C14H12F4O3/c1-13(20,14(16,17)18)9-12(19)21-8-2-3-10-4-6-11(15)7-5-10/h4-7,20H,8-9H2,1H3. The minimum atomic E-state index is -4.92. The van der Waals surface area contributed by atoms with Crippen LogP contribution in [0.3, 0.4) is 0 Å². The number of ether oxygens (including phenoxy) is 1. The number of benzene rings is 1. The molecular formula is C14H12F4O3. The molecule has 0 aliphatic heterocycles. The van der Waals surface area contributed by atoms with Crippen LogP contribution in [0.2, 0.25) is 0 Å². The highest BCUT2D eigenvalue weighted by Crippen LogP contribution is 2.32. The lowest BCUT2D eigenvalue weighted by atomic mass is 10.0. The maximum Gasteiger partial charge on any atom is 0.417 e. The van der Waals surface area contributed by atoms with Gasteiger partial charge in [-0.15, -0.1) is 0 Å². The Morgan fingerprint density at radius 3 is 2.38 bits per heavy atom. The second-order valence-corrected chi connectivity index (χ2v) is 4.42. The van der Waals surface area contributed by atoms with E-state index >= 15 is 0 Å². The van der Waals surface area contributed by atoms with Gasteiger partial charge >= 0.3 is 12.1 Å². The summed E-state index contributed by atoms with van der Waals surface area (Å²) in [5.74, 6) is 3.29. The van der Waals surface area contributed by atoms with E-state index in [4.69, 9.17) is 5.11 Å². The summed E-state index contributed by atoms with van der Waals surface area (Å²) in [6.07, 6.45) is -6.14. The summed E-state index contributed by atoms with van der Waals surface area (Å²) >= 11 is 0. The minimum absolute atomic E-state index is 0.426. The summed E-state index contributed by atoms with van der Waals surface area (Å²) in [6, 6.07) is 5.18. The number of alkyl halides is 3. The van der Waals surface area contributed by atoms with E-state index in [1.807, 2.05) is 0 Å². The van der Waals surface area contributed by atoms with E-state index in [2.05, 4.69) is 16.6 Å². The Morgan fingerprint density at radius 2 is 1.86 bits per heavy atom. The fraction of sp³-hybridized carbons (Fsp3) is 0.357. The highest BCUT2D eigenvalue weighted by Gasteiger charge is 2.51. The van der Waals surface area contributed by atoms with Crippen LogP contribution in [0.4, 0.5) is 17.6 Å². The van der Waals surface area contributed by atoms with Crippen molar-refractivity contribution in [3.63, 3.8) is 0 Å². The van der Waals surface area contributed by atoms with Crippen LogP contribution in [-0.4, -0.2) is 29.5 Å². The van der Waals surface area contributed by atoms with Crippen molar-refractivity contribution in [2.45, 2.75) is 25.1 Å². The number of hydrogen-bond donors (Lipinski definition) is 1. The third-order valence-corrected chi connectivity index (χ3v) is 2.48. The fourth-order valence-corrected chi connectivity index (χ4v) is 1.22. The van der Waals surface area contributed by atoms with Gasteiger partial charge in [0.25, 0.3) is 0 Å². The molecule has 1 aromatic carbocycles. The summed E-state index contributed by atoms with van der Waals surface area (Å²) in [5.41, 5.74) is -2.68. The van der Waals surface area contributed by atoms with Gasteiger partial charge in [0.05, 0.1) is 6.42 Å². The highest BCUT2D eigenvalue weighted by atomic mass is 19.4. The smallest absolute Gasteiger partial charge is 0.417 e. The first kappa shape index (κ1) is 17.0. The van der Waals surface area contributed by atoms with Crippen molar-refractivity contribution in [1.29, 1.82) is 0 Å². The molecule has 1 unspecified atom stereocenters. The van der Waals surface area contributed by atoms with E-state index in [9.17, 15) is 22.4 Å². The van der Waals surface area contributed by atoms with E-state index in [1.165, 1.54) is 24.3 Å². The molecule has 3 nitrogen and oxygen atoms in total. The molecule has 0 fully saturated rings. The molecule has 0 saturated carbocycles. The van der Waals surface area contributed by atoms with Crippen LogP contribution in [0.1, 0.15) is 18.9 Å². The Hall–Kier alpha value is -2.07. The first-order valence-electron chi connectivity index (χ1n) is 5.81. The fourth-order valence-electron chi connectivity index (χ4n) is 1.22. The van der Waals surface area contributed by atoms with Crippen LogP contribution in [0.5, 0.6) is 0 Å². The molecule has 0 aliphatic carbocycles. The maximum atomic E-state index is 12.6. The van der Waals surface area contributed by atoms with Gasteiger partial charge in [0.1, 0.15) is 5.82 Å². The first-order chi connectivity index (χ1) is 9.62. The largest absolute Gasteiger partial charge is 0.452 e. The third-order valence-electron chi connectivity index (χ3n) is 2.48. The van der Waals surface area contributed by atoms with Crippen LogP contribution in [0.25, 0.3) is 0 Å². The van der Waals surface area contributed by atoms with Crippen molar-refractivity contribution < 1.29 is 32.2 Å². The number of halogens is 4. The Morgan fingerprint density at radius 1 is 1.29 bits per heavy atom. The van der Waals surface area contributed by atoms with Crippen molar-refractivity contribution in [1.82, 2.24) is 0 Å².